The first-order valence-corrected chi connectivity index (χ1v) is 7.94. The van der Waals surface area contributed by atoms with Crippen molar-refractivity contribution in [3.63, 3.8) is 0 Å². The van der Waals surface area contributed by atoms with E-state index in [2.05, 4.69) is 5.32 Å². The molecule has 0 fully saturated rings. The molecule has 2 aromatic rings. The minimum absolute atomic E-state index is 0.543. The van der Waals surface area contributed by atoms with Gasteiger partial charge >= 0.3 is 6.18 Å². The molecule has 0 amide bonds. The fourth-order valence-electron chi connectivity index (χ4n) is 2.44. The van der Waals surface area contributed by atoms with Gasteiger partial charge in [0.1, 0.15) is 5.75 Å². The van der Waals surface area contributed by atoms with Gasteiger partial charge in [0, 0.05) is 6.54 Å². The number of benzene rings is 2. The number of ether oxygens (including phenoxy) is 1. The number of alkyl halides is 3. The average molecular weight is 337 g/mol. The van der Waals surface area contributed by atoms with Crippen molar-refractivity contribution in [2.45, 2.75) is 33.0 Å². The van der Waals surface area contributed by atoms with Gasteiger partial charge < -0.3 is 10.1 Å². The maximum absolute atomic E-state index is 12.5. The van der Waals surface area contributed by atoms with Gasteiger partial charge in [0.05, 0.1) is 12.2 Å². The first-order valence-electron chi connectivity index (χ1n) is 7.94. The molecular formula is C19H22F3NO. The molecule has 0 saturated heterocycles. The number of nitrogens with one attached hydrogen (secondary N) is 1. The Labute approximate surface area is 140 Å². The molecule has 0 atom stereocenters. The summed E-state index contributed by atoms with van der Waals surface area (Å²) in [6.07, 6.45) is -3.45. The zero-order valence-corrected chi connectivity index (χ0v) is 13.9. The molecule has 5 heteroatoms. The lowest BCUT2D eigenvalue weighted by Crippen LogP contribution is -2.17. The zero-order chi connectivity index (χ0) is 17.6. The van der Waals surface area contributed by atoms with Crippen molar-refractivity contribution in [3.05, 3.63) is 64.7 Å². The van der Waals surface area contributed by atoms with Gasteiger partial charge in [-0.15, -0.1) is 0 Å². The van der Waals surface area contributed by atoms with Crippen LogP contribution in [-0.4, -0.2) is 13.2 Å². The van der Waals surface area contributed by atoms with E-state index in [0.29, 0.717) is 13.2 Å². The molecule has 2 rings (SSSR count). The summed E-state index contributed by atoms with van der Waals surface area (Å²) in [5.41, 5.74) is 2.45. The third-order valence-corrected chi connectivity index (χ3v) is 3.76. The Balaban J connectivity index is 1.68. The summed E-state index contributed by atoms with van der Waals surface area (Å²) < 4.78 is 43.2. The van der Waals surface area contributed by atoms with E-state index in [1.165, 1.54) is 12.1 Å². The lowest BCUT2D eigenvalue weighted by molar-refractivity contribution is -0.137. The molecular weight excluding hydrogens is 315 g/mol. The number of rotatable bonds is 7. The second kappa shape index (κ2) is 8.20. The van der Waals surface area contributed by atoms with Crippen LogP contribution in [0.2, 0.25) is 0 Å². The van der Waals surface area contributed by atoms with Crippen LogP contribution in [0.1, 0.15) is 28.7 Å². The van der Waals surface area contributed by atoms with E-state index < -0.39 is 11.7 Å². The Hall–Kier alpha value is -2.01. The highest BCUT2D eigenvalue weighted by atomic mass is 19.4. The molecule has 2 aromatic carbocycles. The lowest BCUT2D eigenvalue weighted by Gasteiger charge is -2.12. The highest BCUT2D eigenvalue weighted by molar-refractivity contribution is 5.39. The Bertz CT molecular complexity index is 630. The normalized spacial score (nSPS) is 11.5. The molecule has 0 aliphatic rings. The van der Waals surface area contributed by atoms with Gasteiger partial charge in [0.25, 0.3) is 0 Å². The molecule has 0 aliphatic carbocycles. The smallest absolute Gasteiger partial charge is 0.416 e. The highest BCUT2D eigenvalue weighted by Gasteiger charge is 2.29. The van der Waals surface area contributed by atoms with E-state index >= 15 is 0 Å². The molecule has 130 valence electrons. The third-order valence-electron chi connectivity index (χ3n) is 3.76. The van der Waals surface area contributed by atoms with Crippen molar-refractivity contribution in [1.82, 2.24) is 5.32 Å². The van der Waals surface area contributed by atoms with Crippen molar-refractivity contribution >= 4 is 0 Å². The maximum Gasteiger partial charge on any atom is 0.416 e. The minimum Gasteiger partial charge on any atom is -0.493 e. The summed E-state index contributed by atoms with van der Waals surface area (Å²) in [6, 6.07) is 11.3. The Kier molecular flexibility index (Phi) is 6.26. The quantitative estimate of drug-likeness (QED) is 0.727. The molecule has 0 bridgehead atoms. The predicted molar refractivity (Wildman–Crippen MR) is 89.2 cm³/mol. The second-order valence-electron chi connectivity index (χ2n) is 5.79. The minimum atomic E-state index is -4.28. The van der Waals surface area contributed by atoms with E-state index in [1.807, 2.05) is 32.0 Å². The fraction of sp³-hybridized carbons (Fsp3) is 0.368. The van der Waals surface area contributed by atoms with Crippen molar-refractivity contribution in [2.24, 2.45) is 0 Å². The van der Waals surface area contributed by atoms with Gasteiger partial charge in [0.15, 0.2) is 0 Å². The zero-order valence-electron chi connectivity index (χ0n) is 13.9. The Morgan fingerprint density at radius 3 is 2.17 bits per heavy atom. The third kappa shape index (κ3) is 5.27. The molecule has 2 nitrogen and oxygen atoms in total. The predicted octanol–water partition coefficient (Wildman–Crippen LogP) is 4.88. The van der Waals surface area contributed by atoms with E-state index in [4.69, 9.17) is 4.74 Å². The molecule has 0 heterocycles. The number of aryl methyl sites for hydroxylation is 2. The monoisotopic (exact) mass is 337 g/mol. The molecule has 0 aromatic heterocycles. The summed E-state index contributed by atoms with van der Waals surface area (Å²) in [5.74, 6) is 0.931. The number of para-hydroxylation sites is 1. The van der Waals surface area contributed by atoms with Gasteiger partial charge in [-0.25, -0.2) is 0 Å². The van der Waals surface area contributed by atoms with Crippen LogP contribution < -0.4 is 10.1 Å². The summed E-state index contributed by atoms with van der Waals surface area (Å²) in [7, 11) is 0. The van der Waals surface area contributed by atoms with Gasteiger partial charge in [-0.2, -0.15) is 13.2 Å². The summed E-state index contributed by atoms with van der Waals surface area (Å²) >= 11 is 0. The summed E-state index contributed by atoms with van der Waals surface area (Å²) in [4.78, 5) is 0. The molecule has 1 N–H and O–H groups in total. The van der Waals surface area contributed by atoms with Crippen LogP contribution in [0.15, 0.2) is 42.5 Å². The molecule has 0 unspecified atom stereocenters. The van der Waals surface area contributed by atoms with Gasteiger partial charge in [-0.3, -0.25) is 0 Å². The van der Waals surface area contributed by atoms with Crippen LogP contribution in [0, 0.1) is 13.8 Å². The van der Waals surface area contributed by atoms with E-state index in [0.717, 1.165) is 47.5 Å². The average Bonchev–Trinajstić information content (AvgIpc) is 2.52. The van der Waals surface area contributed by atoms with Crippen molar-refractivity contribution in [2.75, 3.05) is 13.2 Å². The van der Waals surface area contributed by atoms with E-state index in [1.54, 1.807) is 0 Å². The van der Waals surface area contributed by atoms with Gasteiger partial charge in [-0.1, -0.05) is 30.3 Å². The van der Waals surface area contributed by atoms with E-state index in [-0.39, 0.29) is 0 Å². The Morgan fingerprint density at radius 1 is 0.958 bits per heavy atom. The van der Waals surface area contributed by atoms with Crippen LogP contribution in [0.4, 0.5) is 13.2 Å². The molecule has 24 heavy (non-hydrogen) atoms. The van der Waals surface area contributed by atoms with Crippen molar-refractivity contribution in [3.8, 4) is 5.75 Å². The largest absolute Gasteiger partial charge is 0.493 e. The molecule has 0 radical (unpaired) electrons. The number of halogens is 3. The first-order chi connectivity index (χ1) is 11.4. The van der Waals surface area contributed by atoms with Crippen LogP contribution in [0.3, 0.4) is 0 Å². The maximum atomic E-state index is 12.5. The lowest BCUT2D eigenvalue weighted by atomic mass is 10.1. The standard InChI is InChI=1S/C19H22F3NO/c1-14-5-3-6-15(2)18(14)24-12-4-11-23-13-16-7-9-17(10-8-16)19(20,21)22/h3,5-10,23H,4,11-13H2,1-2H3. The molecule has 0 spiro atoms. The van der Waals surface area contributed by atoms with Crippen LogP contribution in [0.5, 0.6) is 5.75 Å². The molecule has 0 saturated carbocycles. The Morgan fingerprint density at radius 2 is 1.58 bits per heavy atom. The summed E-state index contributed by atoms with van der Waals surface area (Å²) in [5, 5.41) is 3.21. The topological polar surface area (TPSA) is 21.3 Å². The summed E-state index contributed by atoms with van der Waals surface area (Å²) in [6.45, 7) is 5.93. The van der Waals surface area contributed by atoms with Gasteiger partial charge in [0.2, 0.25) is 0 Å². The van der Waals surface area contributed by atoms with Crippen LogP contribution in [0.25, 0.3) is 0 Å². The molecule has 0 aliphatic heterocycles. The van der Waals surface area contributed by atoms with Crippen LogP contribution in [-0.2, 0) is 12.7 Å². The number of hydrogen-bond acceptors (Lipinski definition) is 2. The van der Waals surface area contributed by atoms with Gasteiger partial charge in [-0.05, 0) is 55.6 Å². The number of hydrogen-bond donors (Lipinski definition) is 1. The first kappa shape index (κ1) is 18.3. The fourth-order valence-corrected chi connectivity index (χ4v) is 2.44. The second-order valence-corrected chi connectivity index (χ2v) is 5.79. The SMILES string of the molecule is Cc1cccc(C)c1OCCCNCc1ccc(C(F)(F)F)cc1. The van der Waals surface area contributed by atoms with Crippen molar-refractivity contribution in [1.29, 1.82) is 0 Å². The highest BCUT2D eigenvalue weighted by Crippen LogP contribution is 2.29. The van der Waals surface area contributed by atoms with Crippen LogP contribution >= 0.6 is 0 Å². The van der Waals surface area contributed by atoms with Crippen molar-refractivity contribution < 1.29 is 17.9 Å². The van der Waals surface area contributed by atoms with E-state index in [9.17, 15) is 13.2 Å².